The van der Waals surface area contributed by atoms with Crippen LogP contribution in [0.1, 0.15) is 12.0 Å². The fourth-order valence-electron chi connectivity index (χ4n) is 4.27. The molecule has 1 aromatic heterocycles. The Bertz CT molecular complexity index is 618. The number of pyridine rings is 1. The van der Waals surface area contributed by atoms with Crippen LogP contribution in [-0.4, -0.2) is 26.5 Å². The largest absolute Gasteiger partial charge is 0.274 e. The van der Waals surface area contributed by atoms with E-state index in [1.165, 1.54) is 4.90 Å². The van der Waals surface area contributed by atoms with E-state index in [1.807, 2.05) is 19.1 Å². The van der Waals surface area contributed by atoms with Gasteiger partial charge in [0.25, 0.3) is 0 Å². The van der Waals surface area contributed by atoms with Crippen molar-refractivity contribution >= 4 is 49.5 Å². The molecule has 6 atom stereocenters. The molecular formula is C15H14Br2N2O2. The van der Waals surface area contributed by atoms with Crippen LogP contribution in [0.3, 0.4) is 0 Å². The fourth-order valence-corrected chi connectivity index (χ4v) is 6.14. The van der Waals surface area contributed by atoms with Gasteiger partial charge in [-0.05, 0) is 36.8 Å². The number of carbonyl (C=O) groups excluding carboxylic acids is 2. The molecule has 3 aliphatic rings. The average molecular weight is 414 g/mol. The standard InChI is InChI=1S/C15H14Br2N2O2/c1-6-3-2-4-18-13(6)19-14(20)9-7-5-8(10(9)15(19)21)12(17)11(7)16/h2-4,7-12H,5H2,1H3/t7-,8+,9+,10-,11+,12-. The highest BCUT2D eigenvalue weighted by molar-refractivity contribution is 9.12. The second-order valence-corrected chi connectivity index (χ2v) is 8.27. The lowest BCUT2D eigenvalue weighted by Crippen LogP contribution is -2.37. The normalized spacial score (nSPS) is 41.0. The quantitative estimate of drug-likeness (QED) is 0.525. The molecule has 110 valence electrons. The SMILES string of the molecule is Cc1cccnc1N1C(=O)[C@@H]2[C@@H]3C[C@@H]([C@H](Br)[C@@H]3Br)[C@@H]2C1=O. The number of carbonyl (C=O) groups is 2. The molecular weight excluding hydrogens is 400 g/mol. The molecule has 0 unspecified atom stereocenters. The lowest BCUT2D eigenvalue weighted by Gasteiger charge is -2.28. The van der Waals surface area contributed by atoms with Crippen LogP contribution in [0, 0.1) is 30.6 Å². The van der Waals surface area contributed by atoms with Gasteiger partial charge in [-0.15, -0.1) is 0 Å². The maximum Gasteiger partial charge on any atom is 0.239 e. The van der Waals surface area contributed by atoms with E-state index in [0.717, 1.165) is 12.0 Å². The molecule has 21 heavy (non-hydrogen) atoms. The van der Waals surface area contributed by atoms with E-state index in [0.29, 0.717) is 5.82 Å². The lowest BCUT2D eigenvalue weighted by molar-refractivity contribution is -0.123. The highest BCUT2D eigenvalue weighted by Gasteiger charge is 2.66. The number of alkyl halides is 2. The fraction of sp³-hybridized carbons (Fsp3) is 0.533. The van der Waals surface area contributed by atoms with Crippen LogP contribution in [0.2, 0.25) is 0 Å². The zero-order valence-electron chi connectivity index (χ0n) is 11.4. The molecule has 2 heterocycles. The number of halogens is 2. The Morgan fingerprint density at radius 1 is 1.14 bits per heavy atom. The molecule has 0 spiro atoms. The van der Waals surface area contributed by atoms with Crippen LogP contribution >= 0.6 is 31.9 Å². The number of rotatable bonds is 1. The van der Waals surface area contributed by atoms with Crippen LogP contribution in [0.4, 0.5) is 5.82 Å². The second kappa shape index (κ2) is 4.62. The summed E-state index contributed by atoms with van der Waals surface area (Å²) in [6, 6.07) is 3.70. The van der Waals surface area contributed by atoms with Gasteiger partial charge >= 0.3 is 0 Å². The first-order chi connectivity index (χ1) is 10.0. The third-order valence-electron chi connectivity index (χ3n) is 5.18. The van der Waals surface area contributed by atoms with Crippen LogP contribution < -0.4 is 4.90 Å². The van der Waals surface area contributed by atoms with Gasteiger partial charge in [0.15, 0.2) is 0 Å². The molecule has 4 nitrogen and oxygen atoms in total. The van der Waals surface area contributed by atoms with Gasteiger partial charge < -0.3 is 0 Å². The Kier molecular flexibility index (Phi) is 3.05. The van der Waals surface area contributed by atoms with Crippen molar-refractivity contribution < 1.29 is 9.59 Å². The summed E-state index contributed by atoms with van der Waals surface area (Å²) in [7, 11) is 0. The second-order valence-electron chi connectivity index (χ2n) is 6.16. The minimum atomic E-state index is -0.179. The first-order valence-electron chi connectivity index (χ1n) is 7.10. The molecule has 1 saturated heterocycles. The highest BCUT2D eigenvalue weighted by atomic mass is 79.9. The Labute approximate surface area is 139 Å². The molecule has 1 aliphatic heterocycles. The smallest absolute Gasteiger partial charge is 0.239 e. The molecule has 4 rings (SSSR count). The van der Waals surface area contributed by atoms with Crippen molar-refractivity contribution in [1.29, 1.82) is 0 Å². The number of fused-ring (bicyclic) bond motifs is 5. The van der Waals surface area contributed by atoms with Crippen molar-refractivity contribution in [3.05, 3.63) is 23.9 Å². The predicted octanol–water partition coefficient (Wildman–Crippen LogP) is 2.67. The van der Waals surface area contributed by atoms with Gasteiger partial charge in [0.2, 0.25) is 11.8 Å². The number of aryl methyl sites for hydroxylation is 1. The van der Waals surface area contributed by atoms with Gasteiger partial charge in [-0.3, -0.25) is 9.59 Å². The van der Waals surface area contributed by atoms with Crippen molar-refractivity contribution in [2.75, 3.05) is 4.90 Å². The minimum Gasteiger partial charge on any atom is -0.274 e. The summed E-state index contributed by atoms with van der Waals surface area (Å²) in [6.45, 7) is 1.88. The van der Waals surface area contributed by atoms with Crippen molar-refractivity contribution in [3.8, 4) is 0 Å². The molecule has 2 saturated carbocycles. The number of anilines is 1. The summed E-state index contributed by atoms with van der Waals surface area (Å²) < 4.78 is 0. The topological polar surface area (TPSA) is 50.3 Å². The van der Waals surface area contributed by atoms with Gasteiger partial charge in [-0.25, -0.2) is 9.88 Å². The van der Waals surface area contributed by atoms with Gasteiger partial charge in [0.05, 0.1) is 11.8 Å². The first-order valence-corrected chi connectivity index (χ1v) is 8.93. The Balaban J connectivity index is 1.77. The van der Waals surface area contributed by atoms with Crippen molar-refractivity contribution in [2.24, 2.45) is 23.7 Å². The Morgan fingerprint density at radius 3 is 2.24 bits per heavy atom. The summed E-state index contributed by atoms with van der Waals surface area (Å²) in [4.78, 5) is 31.8. The number of aromatic nitrogens is 1. The zero-order chi connectivity index (χ0) is 14.9. The molecule has 6 heteroatoms. The summed E-state index contributed by atoms with van der Waals surface area (Å²) in [5, 5.41) is 0. The van der Waals surface area contributed by atoms with E-state index in [2.05, 4.69) is 36.8 Å². The average Bonchev–Trinajstić information content (AvgIpc) is 3.06. The van der Waals surface area contributed by atoms with E-state index in [4.69, 9.17) is 0 Å². The van der Waals surface area contributed by atoms with Crippen LogP contribution in [0.25, 0.3) is 0 Å². The molecule has 3 fully saturated rings. The first kappa shape index (κ1) is 13.9. The summed E-state index contributed by atoms with van der Waals surface area (Å²) >= 11 is 7.38. The Hall–Kier alpha value is -0.750. The van der Waals surface area contributed by atoms with Gasteiger partial charge in [-0.1, -0.05) is 37.9 Å². The number of hydrogen-bond donors (Lipinski definition) is 0. The number of imide groups is 1. The summed E-state index contributed by atoms with van der Waals surface area (Å²) in [6.07, 6.45) is 2.58. The predicted molar refractivity (Wildman–Crippen MR) is 85.5 cm³/mol. The number of nitrogens with zero attached hydrogens (tertiary/aromatic N) is 2. The monoisotopic (exact) mass is 412 g/mol. The van der Waals surface area contributed by atoms with Crippen molar-refractivity contribution in [3.63, 3.8) is 0 Å². The maximum absolute atomic E-state index is 12.8. The number of hydrogen-bond acceptors (Lipinski definition) is 3. The van der Waals surface area contributed by atoms with Crippen LogP contribution in [0.15, 0.2) is 18.3 Å². The van der Waals surface area contributed by atoms with Crippen molar-refractivity contribution in [2.45, 2.75) is 23.0 Å². The van der Waals surface area contributed by atoms with Crippen LogP contribution in [0.5, 0.6) is 0 Å². The van der Waals surface area contributed by atoms with E-state index in [9.17, 15) is 9.59 Å². The molecule has 1 aromatic rings. The van der Waals surface area contributed by atoms with E-state index in [1.54, 1.807) is 6.20 Å². The molecule has 0 N–H and O–H groups in total. The van der Waals surface area contributed by atoms with E-state index < -0.39 is 0 Å². The minimum absolute atomic E-state index is 0.0665. The molecule has 2 amide bonds. The third-order valence-corrected chi connectivity index (χ3v) is 8.39. The van der Waals surface area contributed by atoms with E-state index in [-0.39, 0.29) is 45.1 Å². The molecule has 2 bridgehead atoms. The van der Waals surface area contributed by atoms with Crippen molar-refractivity contribution in [1.82, 2.24) is 4.98 Å². The third kappa shape index (κ3) is 1.69. The van der Waals surface area contributed by atoms with E-state index >= 15 is 0 Å². The summed E-state index contributed by atoms with van der Waals surface area (Å²) in [5.41, 5.74) is 0.859. The number of amides is 2. The lowest BCUT2D eigenvalue weighted by atomic mass is 9.81. The maximum atomic E-state index is 12.8. The van der Waals surface area contributed by atoms with Gasteiger partial charge in [0.1, 0.15) is 5.82 Å². The Morgan fingerprint density at radius 2 is 1.71 bits per heavy atom. The molecule has 0 aromatic carbocycles. The molecule has 0 radical (unpaired) electrons. The highest BCUT2D eigenvalue weighted by Crippen LogP contribution is 2.60. The van der Waals surface area contributed by atoms with Crippen LogP contribution in [-0.2, 0) is 9.59 Å². The molecule has 2 aliphatic carbocycles. The summed E-state index contributed by atoms with van der Waals surface area (Å²) in [5.74, 6) is 0.499. The van der Waals surface area contributed by atoms with Gasteiger partial charge in [-0.2, -0.15) is 0 Å². The van der Waals surface area contributed by atoms with Gasteiger partial charge in [0, 0.05) is 15.9 Å². The zero-order valence-corrected chi connectivity index (χ0v) is 14.5.